The molecule has 1 aliphatic heterocycles. The molecule has 1 N–H and O–H groups in total. The van der Waals surface area contributed by atoms with Crippen LogP contribution in [0.25, 0.3) is 0 Å². The second-order valence-corrected chi connectivity index (χ2v) is 5.49. The van der Waals surface area contributed by atoms with Crippen molar-refractivity contribution in [2.75, 3.05) is 17.3 Å². The van der Waals surface area contributed by atoms with Gasteiger partial charge in [0.1, 0.15) is 5.75 Å². The summed E-state index contributed by atoms with van der Waals surface area (Å²) in [7, 11) is 0. The lowest BCUT2D eigenvalue weighted by molar-refractivity contribution is 0.475. The number of benzene rings is 1. The molecule has 0 amide bonds. The van der Waals surface area contributed by atoms with E-state index in [2.05, 4.69) is 0 Å². The maximum atomic E-state index is 9.14. The summed E-state index contributed by atoms with van der Waals surface area (Å²) in [4.78, 5) is 0. The molecule has 1 fully saturated rings. The normalized spacial score (nSPS) is 22.9. The van der Waals surface area contributed by atoms with Gasteiger partial charge in [0.25, 0.3) is 0 Å². The van der Waals surface area contributed by atoms with Crippen molar-refractivity contribution < 1.29 is 5.11 Å². The van der Waals surface area contributed by atoms with Gasteiger partial charge in [0.05, 0.1) is 0 Å². The Bertz CT molecular complexity index is 265. The summed E-state index contributed by atoms with van der Waals surface area (Å²) >= 11 is 4.04. The van der Waals surface area contributed by atoms with Crippen molar-refractivity contribution in [3.63, 3.8) is 0 Å². The molecule has 1 aliphatic rings. The highest BCUT2D eigenvalue weighted by molar-refractivity contribution is 8.06. The summed E-state index contributed by atoms with van der Waals surface area (Å²) in [5.74, 6) is 4.09. The third-order valence-corrected chi connectivity index (χ3v) is 4.89. The largest absolute Gasteiger partial charge is 0.508 e. The molecule has 1 atom stereocenters. The van der Waals surface area contributed by atoms with E-state index in [1.165, 1.54) is 22.8 Å². The third-order valence-electron chi connectivity index (χ3n) is 2.08. The minimum absolute atomic E-state index is 0.359. The summed E-state index contributed by atoms with van der Waals surface area (Å²) < 4.78 is 0. The molecular formula is C10H12OS2. The lowest BCUT2D eigenvalue weighted by atomic mass is 10.1. The molecule has 0 spiro atoms. The number of phenolic OH excluding ortho intramolecular Hbond substituents is 1. The Morgan fingerprint density at radius 3 is 2.54 bits per heavy atom. The number of aromatic hydroxyl groups is 1. The standard InChI is InChI=1S/C10H12OS2/c11-9-3-1-8(2-4-9)10-7-12-5-6-13-10/h1-4,10-11H,5-7H2. The fraction of sp³-hybridized carbons (Fsp3) is 0.400. The van der Waals surface area contributed by atoms with Gasteiger partial charge in [-0.15, -0.1) is 0 Å². The van der Waals surface area contributed by atoms with Crippen molar-refractivity contribution in [3.8, 4) is 5.75 Å². The molecule has 13 heavy (non-hydrogen) atoms. The number of thioether (sulfide) groups is 2. The predicted molar refractivity (Wildman–Crippen MR) is 60.6 cm³/mol. The lowest BCUT2D eigenvalue weighted by Crippen LogP contribution is -2.05. The Balaban J connectivity index is 2.10. The van der Waals surface area contributed by atoms with E-state index in [9.17, 15) is 0 Å². The monoisotopic (exact) mass is 212 g/mol. The average molecular weight is 212 g/mol. The Kier molecular flexibility index (Phi) is 3.06. The Labute approximate surface area is 86.9 Å². The van der Waals surface area contributed by atoms with E-state index < -0.39 is 0 Å². The molecule has 0 aliphatic carbocycles. The van der Waals surface area contributed by atoms with Crippen LogP contribution in [0.2, 0.25) is 0 Å². The van der Waals surface area contributed by atoms with Crippen LogP contribution in [-0.4, -0.2) is 22.4 Å². The summed E-state index contributed by atoms with van der Waals surface area (Å²) in [5.41, 5.74) is 1.34. The van der Waals surface area contributed by atoms with E-state index in [1.54, 1.807) is 12.1 Å². The average Bonchev–Trinajstić information content (AvgIpc) is 2.20. The second kappa shape index (κ2) is 4.29. The van der Waals surface area contributed by atoms with Gasteiger partial charge in [-0.3, -0.25) is 0 Å². The van der Waals surface area contributed by atoms with Crippen molar-refractivity contribution in [2.24, 2.45) is 0 Å². The molecule has 3 heteroatoms. The van der Waals surface area contributed by atoms with Gasteiger partial charge in [0, 0.05) is 22.5 Å². The first kappa shape index (κ1) is 9.28. The van der Waals surface area contributed by atoms with Crippen molar-refractivity contribution >= 4 is 23.5 Å². The Morgan fingerprint density at radius 2 is 1.92 bits per heavy atom. The van der Waals surface area contributed by atoms with Crippen LogP contribution in [-0.2, 0) is 0 Å². The number of rotatable bonds is 1. The molecule has 70 valence electrons. The van der Waals surface area contributed by atoms with Crippen LogP contribution < -0.4 is 0 Å². The van der Waals surface area contributed by atoms with Gasteiger partial charge < -0.3 is 5.11 Å². The van der Waals surface area contributed by atoms with Gasteiger partial charge in [-0.2, -0.15) is 23.5 Å². The van der Waals surface area contributed by atoms with Gasteiger partial charge in [-0.05, 0) is 17.7 Å². The highest BCUT2D eigenvalue weighted by Gasteiger charge is 2.15. The molecule has 0 saturated carbocycles. The molecule has 1 saturated heterocycles. The topological polar surface area (TPSA) is 20.2 Å². The van der Waals surface area contributed by atoms with Crippen LogP contribution >= 0.6 is 23.5 Å². The second-order valence-electron chi connectivity index (χ2n) is 3.03. The highest BCUT2D eigenvalue weighted by atomic mass is 32.2. The van der Waals surface area contributed by atoms with Crippen molar-refractivity contribution in [1.29, 1.82) is 0 Å². The zero-order valence-electron chi connectivity index (χ0n) is 7.27. The van der Waals surface area contributed by atoms with E-state index in [0.29, 0.717) is 11.0 Å². The van der Waals surface area contributed by atoms with Crippen molar-refractivity contribution in [1.82, 2.24) is 0 Å². The molecule has 2 rings (SSSR count). The van der Waals surface area contributed by atoms with E-state index in [4.69, 9.17) is 5.11 Å². The van der Waals surface area contributed by atoms with Gasteiger partial charge in [0.2, 0.25) is 0 Å². The fourth-order valence-electron chi connectivity index (χ4n) is 1.37. The molecule has 1 unspecified atom stereocenters. The molecule has 0 radical (unpaired) electrons. The number of phenols is 1. The van der Waals surface area contributed by atoms with E-state index in [1.807, 2.05) is 35.7 Å². The van der Waals surface area contributed by atoms with Crippen molar-refractivity contribution in [3.05, 3.63) is 29.8 Å². The van der Waals surface area contributed by atoms with Crippen LogP contribution in [0.5, 0.6) is 5.75 Å². The Morgan fingerprint density at radius 1 is 1.15 bits per heavy atom. The van der Waals surface area contributed by atoms with E-state index in [-0.39, 0.29) is 0 Å². The first-order valence-electron chi connectivity index (χ1n) is 4.34. The molecule has 1 nitrogen and oxygen atoms in total. The fourth-order valence-corrected chi connectivity index (χ4v) is 4.11. The Hall–Kier alpha value is -0.280. The van der Waals surface area contributed by atoms with Crippen LogP contribution in [0.4, 0.5) is 0 Å². The number of hydrogen-bond acceptors (Lipinski definition) is 3. The molecule has 1 aromatic carbocycles. The minimum atomic E-state index is 0.359. The molecule has 1 aromatic rings. The zero-order valence-corrected chi connectivity index (χ0v) is 8.90. The molecule has 0 aromatic heterocycles. The van der Waals surface area contributed by atoms with Gasteiger partial charge in [-0.25, -0.2) is 0 Å². The molecule has 0 bridgehead atoms. The first-order chi connectivity index (χ1) is 6.36. The van der Waals surface area contributed by atoms with Crippen molar-refractivity contribution in [2.45, 2.75) is 5.25 Å². The van der Waals surface area contributed by atoms with Gasteiger partial charge >= 0.3 is 0 Å². The highest BCUT2D eigenvalue weighted by Crippen LogP contribution is 2.36. The maximum absolute atomic E-state index is 9.14. The molecule has 1 heterocycles. The molecular weight excluding hydrogens is 200 g/mol. The minimum Gasteiger partial charge on any atom is -0.508 e. The first-order valence-corrected chi connectivity index (χ1v) is 6.55. The van der Waals surface area contributed by atoms with Crippen LogP contribution in [0.3, 0.4) is 0 Å². The smallest absolute Gasteiger partial charge is 0.115 e. The third kappa shape index (κ3) is 2.35. The van der Waals surface area contributed by atoms with Gasteiger partial charge in [-0.1, -0.05) is 12.1 Å². The quantitative estimate of drug-likeness (QED) is 0.773. The van der Waals surface area contributed by atoms with Gasteiger partial charge in [0.15, 0.2) is 0 Å². The number of hydrogen-bond donors (Lipinski definition) is 1. The maximum Gasteiger partial charge on any atom is 0.115 e. The summed E-state index contributed by atoms with van der Waals surface area (Å²) in [6.45, 7) is 0. The zero-order chi connectivity index (χ0) is 9.10. The lowest BCUT2D eigenvalue weighted by Gasteiger charge is -2.21. The summed E-state index contributed by atoms with van der Waals surface area (Å²) in [6, 6.07) is 7.60. The summed E-state index contributed by atoms with van der Waals surface area (Å²) in [5, 5.41) is 9.77. The van der Waals surface area contributed by atoms with E-state index >= 15 is 0 Å². The van der Waals surface area contributed by atoms with Crippen LogP contribution in [0.15, 0.2) is 24.3 Å². The SMILES string of the molecule is Oc1ccc(C2CSCCS2)cc1. The van der Waals surface area contributed by atoms with Crippen LogP contribution in [0.1, 0.15) is 10.8 Å². The van der Waals surface area contributed by atoms with Crippen LogP contribution in [0, 0.1) is 0 Å². The van der Waals surface area contributed by atoms with E-state index in [0.717, 1.165) is 0 Å². The predicted octanol–water partition coefficient (Wildman–Crippen LogP) is 2.91. The summed E-state index contributed by atoms with van der Waals surface area (Å²) in [6.07, 6.45) is 0.